The fourth-order valence-corrected chi connectivity index (χ4v) is 4.49. The molecule has 1 aliphatic rings. The number of ether oxygens (including phenoxy) is 1. The van der Waals surface area contributed by atoms with Gasteiger partial charge in [-0.2, -0.15) is 4.31 Å². The molecule has 11 heteroatoms. The fourth-order valence-electron chi connectivity index (χ4n) is 2.59. The van der Waals surface area contributed by atoms with Gasteiger partial charge < -0.3 is 10.1 Å². The van der Waals surface area contributed by atoms with Crippen molar-refractivity contribution in [1.82, 2.24) is 9.62 Å². The number of halogens is 2. The standard InChI is InChI=1S/C16H15Cl2N3O5S/c17-11-1-3-13(18)15(9-11)26-14-4-2-12(21(22)23)10-16(14)27(24,25)20-7-5-19-6-8-20/h1-4,9-10,19H,5-8H2. The Balaban J connectivity index is 2.08. The van der Waals surface area contributed by atoms with Crippen molar-refractivity contribution in [3.8, 4) is 11.5 Å². The van der Waals surface area contributed by atoms with E-state index in [1.165, 1.54) is 28.6 Å². The largest absolute Gasteiger partial charge is 0.454 e. The van der Waals surface area contributed by atoms with Gasteiger partial charge in [-0.15, -0.1) is 0 Å². The van der Waals surface area contributed by atoms with E-state index in [0.29, 0.717) is 18.1 Å². The number of hydrogen-bond acceptors (Lipinski definition) is 6. The molecule has 1 saturated heterocycles. The number of piperazine rings is 1. The lowest BCUT2D eigenvalue weighted by Crippen LogP contribution is -2.46. The van der Waals surface area contributed by atoms with Crippen molar-refractivity contribution in [2.75, 3.05) is 26.2 Å². The van der Waals surface area contributed by atoms with Gasteiger partial charge in [-0.1, -0.05) is 23.2 Å². The predicted molar refractivity (Wildman–Crippen MR) is 101 cm³/mol. The summed E-state index contributed by atoms with van der Waals surface area (Å²) in [5.41, 5.74) is -0.353. The second-order valence-electron chi connectivity index (χ2n) is 5.72. The van der Waals surface area contributed by atoms with Gasteiger partial charge in [0, 0.05) is 49.4 Å². The summed E-state index contributed by atoms with van der Waals surface area (Å²) in [5.74, 6) is 0.0816. The molecule has 1 heterocycles. The average molecular weight is 432 g/mol. The van der Waals surface area contributed by atoms with Crippen LogP contribution in [-0.2, 0) is 10.0 Å². The number of rotatable bonds is 5. The third-order valence-electron chi connectivity index (χ3n) is 3.95. The summed E-state index contributed by atoms with van der Waals surface area (Å²) in [6.45, 7) is 1.49. The van der Waals surface area contributed by atoms with Crippen LogP contribution in [0.5, 0.6) is 11.5 Å². The van der Waals surface area contributed by atoms with Gasteiger partial charge in [0.1, 0.15) is 16.4 Å². The van der Waals surface area contributed by atoms with Gasteiger partial charge in [0.25, 0.3) is 5.69 Å². The lowest BCUT2D eigenvalue weighted by atomic mass is 10.3. The molecule has 2 aromatic rings. The molecule has 1 fully saturated rings. The quantitative estimate of drug-likeness (QED) is 0.575. The van der Waals surface area contributed by atoms with Crippen molar-refractivity contribution in [3.63, 3.8) is 0 Å². The first-order chi connectivity index (χ1) is 12.8. The molecule has 1 aliphatic heterocycles. The third kappa shape index (κ3) is 4.33. The number of nitro benzene ring substituents is 1. The van der Waals surface area contributed by atoms with E-state index >= 15 is 0 Å². The monoisotopic (exact) mass is 431 g/mol. The highest BCUT2D eigenvalue weighted by Gasteiger charge is 2.31. The van der Waals surface area contributed by atoms with Crippen molar-refractivity contribution in [2.24, 2.45) is 0 Å². The van der Waals surface area contributed by atoms with E-state index < -0.39 is 14.9 Å². The molecule has 0 atom stereocenters. The third-order valence-corrected chi connectivity index (χ3v) is 6.41. The van der Waals surface area contributed by atoms with E-state index in [9.17, 15) is 18.5 Å². The van der Waals surface area contributed by atoms with Gasteiger partial charge in [0.2, 0.25) is 10.0 Å². The van der Waals surface area contributed by atoms with Gasteiger partial charge in [0.15, 0.2) is 0 Å². The van der Waals surface area contributed by atoms with Crippen molar-refractivity contribution in [2.45, 2.75) is 4.90 Å². The van der Waals surface area contributed by atoms with Crippen LogP contribution >= 0.6 is 23.2 Å². The van der Waals surface area contributed by atoms with Crippen LogP contribution in [0.15, 0.2) is 41.3 Å². The normalized spacial score (nSPS) is 15.5. The molecule has 144 valence electrons. The lowest BCUT2D eigenvalue weighted by Gasteiger charge is -2.27. The maximum absolute atomic E-state index is 13.1. The van der Waals surface area contributed by atoms with Crippen molar-refractivity contribution in [3.05, 3.63) is 56.6 Å². The van der Waals surface area contributed by atoms with Gasteiger partial charge in [-0.3, -0.25) is 10.1 Å². The first-order valence-electron chi connectivity index (χ1n) is 7.91. The summed E-state index contributed by atoms with van der Waals surface area (Å²) in [6.07, 6.45) is 0. The van der Waals surface area contributed by atoms with Crippen molar-refractivity contribution < 1.29 is 18.1 Å². The van der Waals surface area contributed by atoms with Crippen LogP contribution in [0.4, 0.5) is 5.69 Å². The zero-order valence-electron chi connectivity index (χ0n) is 13.9. The molecule has 0 saturated carbocycles. The Labute approximate surface area is 165 Å². The van der Waals surface area contributed by atoms with Crippen LogP contribution in [0.2, 0.25) is 10.0 Å². The Morgan fingerprint density at radius 1 is 1.07 bits per heavy atom. The van der Waals surface area contributed by atoms with Crippen LogP contribution in [0.3, 0.4) is 0 Å². The molecule has 0 aromatic heterocycles. The zero-order chi connectivity index (χ0) is 19.6. The molecule has 1 N–H and O–H groups in total. The topological polar surface area (TPSA) is 102 Å². The Hall–Kier alpha value is -1.91. The van der Waals surface area contributed by atoms with E-state index in [4.69, 9.17) is 27.9 Å². The predicted octanol–water partition coefficient (Wildman–Crippen LogP) is 3.29. The summed E-state index contributed by atoms with van der Waals surface area (Å²) >= 11 is 12.0. The van der Waals surface area contributed by atoms with Gasteiger partial charge in [-0.25, -0.2) is 8.42 Å². The Morgan fingerprint density at radius 2 is 1.78 bits per heavy atom. The summed E-state index contributed by atoms with van der Waals surface area (Å²) in [7, 11) is -4.00. The fraction of sp³-hybridized carbons (Fsp3) is 0.250. The Bertz CT molecular complexity index is 978. The lowest BCUT2D eigenvalue weighted by molar-refractivity contribution is -0.385. The maximum atomic E-state index is 13.1. The van der Waals surface area contributed by atoms with Crippen LogP contribution in [0, 0.1) is 10.1 Å². The number of nitro groups is 1. The molecule has 2 aromatic carbocycles. The van der Waals surface area contributed by atoms with Crippen LogP contribution in [-0.4, -0.2) is 43.8 Å². The molecule has 27 heavy (non-hydrogen) atoms. The second kappa shape index (κ2) is 7.99. The number of nitrogens with one attached hydrogen (secondary N) is 1. The molecule has 0 radical (unpaired) electrons. The summed E-state index contributed by atoms with van der Waals surface area (Å²) in [4.78, 5) is 10.2. The Kier molecular flexibility index (Phi) is 5.87. The number of sulfonamides is 1. The molecule has 0 spiro atoms. The van der Waals surface area contributed by atoms with E-state index in [1.807, 2.05) is 0 Å². The average Bonchev–Trinajstić information content (AvgIpc) is 2.65. The van der Waals surface area contributed by atoms with E-state index in [0.717, 1.165) is 6.07 Å². The number of benzene rings is 2. The van der Waals surface area contributed by atoms with E-state index in [2.05, 4.69) is 5.32 Å². The number of hydrogen-bond donors (Lipinski definition) is 1. The minimum Gasteiger partial charge on any atom is -0.454 e. The van der Waals surface area contributed by atoms with Gasteiger partial charge >= 0.3 is 0 Å². The van der Waals surface area contributed by atoms with Crippen LogP contribution in [0.25, 0.3) is 0 Å². The minimum absolute atomic E-state index is 0.0664. The highest BCUT2D eigenvalue weighted by atomic mass is 35.5. The summed E-state index contributed by atoms with van der Waals surface area (Å²) in [6, 6.07) is 7.91. The summed E-state index contributed by atoms with van der Waals surface area (Å²) in [5, 5.41) is 14.8. The molecular weight excluding hydrogens is 417 g/mol. The first-order valence-corrected chi connectivity index (χ1v) is 10.1. The van der Waals surface area contributed by atoms with Crippen molar-refractivity contribution in [1.29, 1.82) is 0 Å². The molecular formula is C16H15Cl2N3O5S. The smallest absolute Gasteiger partial charge is 0.271 e. The maximum Gasteiger partial charge on any atom is 0.271 e. The van der Waals surface area contributed by atoms with Gasteiger partial charge in [0.05, 0.1) is 9.95 Å². The van der Waals surface area contributed by atoms with E-state index in [1.54, 1.807) is 6.07 Å². The highest BCUT2D eigenvalue weighted by molar-refractivity contribution is 7.89. The molecule has 0 amide bonds. The van der Waals surface area contributed by atoms with Crippen LogP contribution in [0.1, 0.15) is 0 Å². The van der Waals surface area contributed by atoms with Crippen LogP contribution < -0.4 is 10.1 Å². The highest BCUT2D eigenvalue weighted by Crippen LogP contribution is 2.37. The summed E-state index contributed by atoms with van der Waals surface area (Å²) < 4.78 is 33.1. The first kappa shape index (κ1) is 19.8. The number of non-ortho nitro benzene ring substituents is 1. The molecule has 3 rings (SSSR count). The van der Waals surface area contributed by atoms with Gasteiger partial charge in [-0.05, 0) is 18.2 Å². The Morgan fingerprint density at radius 3 is 2.44 bits per heavy atom. The van der Waals surface area contributed by atoms with Crippen molar-refractivity contribution >= 4 is 38.9 Å². The second-order valence-corrected chi connectivity index (χ2v) is 8.47. The molecule has 0 aliphatic carbocycles. The minimum atomic E-state index is -4.00. The SMILES string of the molecule is O=[N+]([O-])c1ccc(Oc2cc(Cl)ccc2Cl)c(S(=O)(=O)N2CCNCC2)c1. The molecule has 0 bridgehead atoms. The molecule has 8 nitrogen and oxygen atoms in total. The number of nitrogens with zero attached hydrogens (tertiary/aromatic N) is 2. The molecule has 0 unspecified atom stereocenters. The van der Waals surface area contributed by atoms with E-state index in [-0.39, 0.29) is 40.2 Å². The zero-order valence-corrected chi connectivity index (χ0v) is 16.2.